The summed E-state index contributed by atoms with van der Waals surface area (Å²) < 4.78 is 2.12. The number of nitrogens with zero attached hydrogens (tertiary/aromatic N) is 4. The Morgan fingerprint density at radius 2 is 1.96 bits per heavy atom. The second-order valence-electron chi connectivity index (χ2n) is 6.42. The van der Waals surface area contributed by atoms with Crippen molar-refractivity contribution in [2.24, 2.45) is 0 Å². The van der Waals surface area contributed by atoms with Crippen LogP contribution >= 0.6 is 11.8 Å². The molecule has 2 heterocycles. The molecule has 0 aliphatic rings. The predicted molar refractivity (Wildman–Crippen MR) is 114 cm³/mol. The predicted octanol–water partition coefficient (Wildman–Crippen LogP) is 4.29. The van der Waals surface area contributed by atoms with E-state index >= 15 is 0 Å². The SMILES string of the molecule is CCc1cccc(NC(=O)CSc2nnc3c4ccccc4n(CC)c3n2)c1. The summed E-state index contributed by atoms with van der Waals surface area (Å²) in [6.07, 6.45) is 0.934. The van der Waals surface area contributed by atoms with Crippen molar-refractivity contribution >= 4 is 45.4 Å². The van der Waals surface area contributed by atoms with Crippen LogP contribution in [0.2, 0.25) is 0 Å². The number of hydrogen-bond acceptors (Lipinski definition) is 5. The molecule has 4 rings (SSSR count). The lowest BCUT2D eigenvalue weighted by Crippen LogP contribution is -2.14. The first kappa shape index (κ1) is 18.4. The Balaban J connectivity index is 1.52. The lowest BCUT2D eigenvalue weighted by molar-refractivity contribution is -0.113. The van der Waals surface area contributed by atoms with Crippen molar-refractivity contribution in [3.63, 3.8) is 0 Å². The van der Waals surface area contributed by atoms with E-state index in [4.69, 9.17) is 0 Å². The molecule has 0 saturated carbocycles. The first-order valence-electron chi connectivity index (χ1n) is 9.32. The van der Waals surface area contributed by atoms with Gasteiger partial charge in [-0.15, -0.1) is 10.2 Å². The normalized spacial score (nSPS) is 11.2. The van der Waals surface area contributed by atoms with Crippen molar-refractivity contribution in [2.45, 2.75) is 32.0 Å². The quantitative estimate of drug-likeness (QED) is 0.496. The molecular weight excluding hydrogens is 370 g/mol. The van der Waals surface area contributed by atoms with Gasteiger partial charge in [-0.3, -0.25) is 4.79 Å². The number of anilines is 1. The van der Waals surface area contributed by atoms with Crippen molar-refractivity contribution in [1.29, 1.82) is 0 Å². The van der Waals surface area contributed by atoms with E-state index in [-0.39, 0.29) is 11.7 Å². The van der Waals surface area contributed by atoms with Gasteiger partial charge in [0.2, 0.25) is 11.1 Å². The number of benzene rings is 2. The molecule has 0 fully saturated rings. The summed E-state index contributed by atoms with van der Waals surface area (Å²) in [7, 11) is 0. The minimum Gasteiger partial charge on any atom is -0.325 e. The highest BCUT2D eigenvalue weighted by Gasteiger charge is 2.14. The smallest absolute Gasteiger partial charge is 0.234 e. The number of thioether (sulfide) groups is 1. The van der Waals surface area contributed by atoms with E-state index in [9.17, 15) is 4.79 Å². The van der Waals surface area contributed by atoms with Gasteiger partial charge in [-0.1, -0.05) is 49.0 Å². The maximum Gasteiger partial charge on any atom is 0.234 e. The first-order valence-corrected chi connectivity index (χ1v) is 10.3. The average molecular weight is 392 g/mol. The summed E-state index contributed by atoms with van der Waals surface area (Å²) in [5.74, 6) is 0.147. The number of carbonyl (C=O) groups is 1. The van der Waals surface area contributed by atoms with Gasteiger partial charge in [0.15, 0.2) is 5.65 Å². The highest BCUT2D eigenvalue weighted by molar-refractivity contribution is 7.99. The summed E-state index contributed by atoms with van der Waals surface area (Å²) in [5, 5.41) is 13.1. The van der Waals surface area contributed by atoms with Gasteiger partial charge in [0.1, 0.15) is 5.52 Å². The number of hydrogen-bond donors (Lipinski definition) is 1. The fourth-order valence-corrected chi connectivity index (χ4v) is 3.85. The van der Waals surface area contributed by atoms with E-state index in [2.05, 4.69) is 45.0 Å². The van der Waals surface area contributed by atoms with Crippen LogP contribution in [0.25, 0.3) is 22.1 Å². The zero-order valence-corrected chi connectivity index (χ0v) is 16.7. The van der Waals surface area contributed by atoms with Crippen molar-refractivity contribution in [3.05, 3.63) is 54.1 Å². The molecule has 0 radical (unpaired) electrons. The van der Waals surface area contributed by atoms with Gasteiger partial charge in [-0.05, 0) is 37.1 Å². The summed E-state index contributed by atoms with van der Waals surface area (Å²) in [6.45, 7) is 4.96. The molecule has 0 atom stereocenters. The average Bonchev–Trinajstić information content (AvgIpc) is 3.05. The molecule has 0 aliphatic heterocycles. The van der Waals surface area contributed by atoms with E-state index < -0.39 is 0 Å². The molecule has 142 valence electrons. The first-order chi connectivity index (χ1) is 13.7. The Kier molecular flexibility index (Phi) is 5.25. The minimum absolute atomic E-state index is 0.0852. The molecular formula is C21H21N5OS. The molecule has 28 heavy (non-hydrogen) atoms. The number of para-hydroxylation sites is 1. The number of carbonyl (C=O) groups excluding carboxylic acids is 1. The number of amides is 1. The third-order valence-corrected chi connectivity index (χ3v) is 5.46. The van der Waals surface area contributed by atoms with Gasteiger partial charge in [-0.25, -0.2) is 4.98 Å². The number of fused-ring (bicyclic) bond motifs is 3. The van der Waals surface area contributed by atoms with Crippen LogP contribution in [0.5, 0.6) is 0 Å². The number of rotatable bonds is 6. The van der Waals surface area contributed by atoms with Crippen molar-refractivity contribution in [2.75, 3.05) is 11.1 Å². The maximum atomic E-state index is 12.3. The summed E-state index contributed by atoms with van der Waals surface area (Å²) in [5.41, 5.74) is 4.69. The van der Waals surface area contributed by atoms with Crippen LogP contribution in [0.4, 0.5) is 5.69 Å². The monoisotopic (exact) mass is 391 g/mol. The van der Waals surface area contributed by atoms with Gasteiger partial charge in [-0.2, -0.15) is 0 Å². The maximum absolute atomic E-state index is 12.3. The van der Waals surface area contributed by atoms with Crippen molar-refractivity contribution in [1.82, 2.24) is 19.7 Å². The van der Waals surface area contributed by atoms with Crippen LogP contribution in [0, 0.1) is 0 Å². The molecule has 7 heteroatoms. The molecule has 4 aromatic rings. The molecule has 1 amide bonds. The van der Waals surface area contributed by atoms with Crippen LogP contribution in [0.15, 0.2) is 53.7 Å². The van der Waals surface area contributed by atoms with Gasteiger partial charge in [0, 0.05) is 17.6 Å². The third-order valence-electron chi connectivity index (χ3n) is 4.62. The highest BCUT2D eigenvalue weighted by atomic mass is 32.2. The Morgan fingerprint density at radius 1 is 1.11 bits per heavy atom. The summed E-state index contributed by atoms with van der Waals surface area (Å²) in [4.78, 5) is 17.0. The van der Waals surface area contributed by atoms with E-state index in [1.807, 2.05) is 42.5 Å². The van der Waals surface area contributed by atoms with Gasteiger partial charge in [0.25, 0.3) is 0 Å². The van der Waals surface area contributed by atoms with Crippen LogP contribution < -0.4 is 5.32 Å². The summed E-state index contributed by atoms with van der Waals surface area (Å²) >= 11 is 1.29. The zero-order valence-electron chi connectivity index (χ0n) is 15.8. The summed E-state index contributed by atoms with van der Waals surface area (Å²) in [6, 6.07) is 16.0. The Hall–Kier alpha value is -2.93. The van der Waals surface area contributed by atoms with Gasteiger partial charge >= 0.3 is 0 Å². The molecule has 2 aromatic carbocycles. The van der Waals surface area contributed by atoms with Crippen LogP contribution in [0.3, 0.4) is 0 Å². The Labute approximate surface area is 167 Å². The Bertz CT molecular complexity index is 1150. The van der Waals surface area contributed by atoms with E-state index in [0.717, 1.165) is 40.7 Å². The third kappa shape index (κ3) is 3.57. The van der Waals surface area contributed by atoms with E-state index in [1.165, 1.54) is 17.3 Å². The minimum atomic E-state index is -0.0852. The van der Waals surface area contributed by atoms with Gasteiger partial charge < -0.3 is 9.88 Å². The molecule has 0 spiro atoms. The molecule has 2 aromatic heterocycles. The van der Waals surface area contributed by atoms with Crippen LogP contribution in [-0.4, -0.2) is 31.4 Å². The van der Waals surface area contributed by atoms with Crippen molar-refractivity contribution < 1.29 is 4.79 Å². The van der Waals surface area contributed by atoms with Crippen LogP contribution in [-0.2, 0) is 17.8 Å². The van der Waals surface area contributed by atoms with E-state index in [1.54, 1.807) is 0 Å². The molecule has 0 aliphatic carbocycles. The number of nitrogens with one attached hydrogen (secondary N) is 1. The van der Waals surface area contributed by atoms with E-state index in [0.29, 0.717) is 5.16 Å². The molecule has 0 unspecified atom stereocenters. The standard InChI is InChI=1S/C21H21N5OS/c1-3-14-8-7-9-15(12-14)22-18(27)13-28-21-23-20-19(24-25-21)16-10-5-6-11-17(16)26(20)4-2/h5-12H,3-4,13H2,1-2H3,(H,22,27). The fraction of sp³-hybridized carbons (Fsp3) is 0.238. The fourth-order valence-electron chi connectivity index (χ4n) is 3.27. The molecule has 6 nitrogen and oxygen atoms in total. The lowest BCUT2D eigenvalue weighted by atomic mass is 10.1. The van der Waals surface area contributed by atoms with Crippen LogP contribution in [0.1, 0.15) is 19.4 Å². The number of aryl methyl sites for hydroxylation is 2. The Morgan fingerprint density at radius 3 is 2.79 bits per heavy atom. The molecule has 0 bridgehead atoms. The highest BCUT2D eigenvalue weighted by Crippen LogP contribution is 2.27. The second-order valence-corrected chi connectivity index (χ2v) is 7.36. The second kappa shape index (κ2) is 7.98. The lowest BCUT2D eigenvalue weighted by Gasteiger charge is -2.06. The molecule has 0 saturated heterocycles. The molecule has 1 N–H and O–H groups in total. The zero-order chi connectivity index (χ0) is 19.5. The largest absolute Gasteiger partial charge is 0.325 e. The number of aromatic nitrogens is 4. The topological polar surface area (TPSA) is 72.7 Å². The van der Waals surface area contributed by atoms with Crippen molar-refractivity contribution in [3.8, 4) is 0 Å². The van der Waals surface area contributed by atoms with Gasteiger partial charge in [0.05, 0.1) is 11.3 Å².